The summed E-state index contributed by atoms with van der Waals surface area (Å²) in [6.07, 6.45) is 1.81. The lowest BCUT2D eigenvalue weighted by atomic mass is 9.76. The third-order valence-electron chi connectivity index (χ3n) is 6.17. The standard InChI is InChI=1S/C27H30BN3O6S/c1-18(2)16-25(28(33)34)30-37-27(32)23(17-21-11-5-9-19-8-3-4-13-22(19)21)31-38(35,36)24-14-6-10-20-12-7-15-29-26(20)24/h3-15,18,23,25,30-31,33-34H,16-17H2,1-2H3/t23-,25-/m0/s1. The van der Waals surface area contributed by atoms with Gasteiger partial charge in [-0.05, 0) is 40.8 Å². The number of benzene rings is 3. The van der Waals surface area contributed by atoms with Crippen LogP contribution in [-0.4, -0.2) is 48.5 Å². The molecule has 9 nitrogen and oxygen atoms in total. The predicted octanol–water partition coefficient (Wildman–Crippen LogP) is 2.75. The minimum Gasteiger partial charge on any atom is -0.426 e. The SMILES string of the molecule is CC(C)C[C@H](NOC(=O)[C@H](Cc1cccc2ccccc12)NS(=O)(=O)c1cccc2cccnc12)B(O)O. The highest BCUT2D eigenvalue weighted by Gasteiger charge is 2.32. The molecule has 0 radical (unpaired) electrons. The van der Waals surface area contributed by atoms with Gasteiger partial charge in [0.25, 0.3) is 0 Å². The van der Waals surface area contributed by atoms with E-state index in [4.69, 9.17) is 4.84 Å². The monoisotopic (exact) mass is 535 g/mol. The average molecular weight is 535 g/mol. The summed E-state index contributed by atoms with van der Waals surface area (Å²) in [5, 5.41) is 21.8. The zero-order valence-electron chi connectivity index (χ0n) is 21.1. The first-order valence-electron chi connectivity index (χ1n) is 12.3. The minimum atomic E-state index is -4.22. The van der Waals surface area contributed by atoms with Crippen LogP contribution in [0, 0.1) is 5.92 Å². The number of nitrogens with zero attached hydrogens (tertiary/aromatic N) is 1. The Balaban J connectivity index is 1.66. The average Bonchev–Trinajstić information content (AvgIpc) is 2.90. The molecule has 11 heteroatoms. The molecule has 4 aromatic rings. The second-order valence-electron chi connectivity index (χ2n) is 9.54. The molecule has 0 spiro atoms. The number of rotatable bonds is 11. The maximum absolute atomic E-state index is 13.5. The number of para-hydroxylation sites is 1. The molecule has 0 saturated heterocycles. The third-order valence-corrected chi connectivity index (χ3v) is 7.67. The summed E-state index contributed by atoms with van der Waals surface area (Å²) < 4.78 is 29.6. The van der Waals surface area contributed by atoms with Gasteiger partial charge in [0.1, 0.15) is 10.9 Å². The van der Waals surface area contributed by atoms with E-state index in [1.54, 1.807) is 24.3 Å². The number of carbonyl (C=O) groups is 1. The van der Waals surface area contributed by atoms with Gasteiger partial charge in [-0.1, -0.05) is 74.5 Å². The summed E-state index contributed by atoms with van der Waals surface area (Å²) in [4.78, 5) is 22.7. The Morgan fingerprint density at radius 2 is 1.66 bits per heavy atom. The van der Waals surface area contributed by atoms with Gasteiger partial charge in [0, 0.05) is 18.0 Å². The van der Waals surface area contributed by atoms with Crippen molar-refractivity contribution in [3.8, 4) is 0 Å². The van der Waals surface area contributed by atoms with E-state index in [1.165, 1.54) is 12.3 Å². The van der Waals surface area contributed by atoms with Crippen molar-refractivity contribution in [1.29, 1.82) is 0 Å². The molecule has 1 heterocycles. The summed E-state index contributed by atoms with van der Waals surface area (Å²) >= 11 is 0. The number of fused-ring (bicyclic) bond motifs is 2. The van der Waals surface area contributed by atoms with E-state index in [9.17, 15) is 23.3 Å². The van der Waals surface area contributed by atoms with Gasteiger partial charge in [-0.25, -0.2) is 13.2 Å². The second kappa shape index (κ2) is 12.0. The van der Waals surface area contributed by atoms with Crippen LogP contribution in [0.2, 0.25) is 0 Å². The van der Waals surface area contributed by atoms with Gasteiger partial charge in [0.2, 0.25) is 10.0 Å². The highest BCUT2D eigenvalue weighted by atomic mass is 32.2. The molecule has 198 valence electrons. The first kappa shape index (κ1) is 27.7. The fraction of sp³-hybridized carbons (Fsp3) is 0.259. The Morgan fingerprint density at radius 1 is 0.974 bits per heavy atom. The Hall–Kier alpha value is -3.35. The Bertz CT molecular complexity index is 1520. The third kappa shape index (κ3) is 6.55. The number of sulfonamides is 1. The van der Waals surface area contributed by atoms with Crippen LogP contribution in [0.1, 0.15) is 25.8 Å². The summed E-state index contributed by atoms with van der Waals surface area (Å²) in [7, 11) is -6.00. The van der Waals surface area contributed by atoms with Crippen LogP contribution in [0.4, 0.5) is 0 Å². The number of nitrogens with one attached hydrogen (secondary N) is 2. The molecule has 0 amide bonds. The summed E-state index contributed by atoms with van der Waals surface area (Å²) in [5.74, 6) is -1.78. The molecule has 0 bridgehead atoms. The molecule has 0 aliphatic rings. The molecule has 4 rings (SSSR count). The number of hydroxylamine groups is 1. The first-order valence-corrected chi connectivity index (χ1v) is 13.8. The lowest BCUT2D eigenvalue weighted by Gasteiger charge is -2.22. The smallest absolute Gasteiger partial charge is 0.426 e. The molecular formula is C27H30BN3O6S. The van der Waals surface area contributed by atoms with Crippen molar-refractivity contribution in [2.75, 3.05) is 0 Å². The maximum atomic E-state index is 13.5. The molecule has 0 fully saturated rings. The van der Waals surface area contributed by atoms with Gasteiger partial charge < -0.3 is 14.9 Å². The zero-order chi connectivity index (χ0) is 27.3. The van der Waals surface area contributed by atoms with E-state index in [0.717, 1.165) is 16.3 Å². The van der Waals surface area contributed by atoms with E-state index >= 15 is 0 Å². The second-order valence-corrected chi connectivity index (χ2v) is 11.2. The summed E-state index contributed by atoms with van der Waals surface area (Å²) in [6.45, 7) is 3.77. The van der Waals surface area contributed by atoms with Crippen LogP contribution in [0.15, 0.2) is 83.9 Å². The summed E-state index contributed by atoms with van der Waals surface area (Å²) in [6, 6.07) is 20.1. The Labute approximate surface area is 222 Å². The predicted molar refractivity (Wildman–Crippen MR) is 146 cm³/mol. The van der Waals surface area contributed by atoms with Crippen molar-refractivity contribution in [2.45, 2.75) is 43.6 Å². The van der Waals surface area contributed by atoms with Gasteiger partial charge in [0.05, 0.1) is 11.5 Å². The first-order chi connectivity index (χ1) is 18.2. The number of carbonyl (C=O) groups excluding carboxylic acids is 1. The lowest BCUT2D eigenvalue weighted by molar-refractivity contribution is -0.154. The van der Waals surface area contributed by atoms with Crippen LogP contribution in [0.25, 0.3) is 21.7 Å². The molecular weight excluding hydrogens is 505 g/mol. The zero-order valence-corrected chi connectivity index (χ0v) is 21.9. The van der Waals surface area contributed by atoms with Crippen molar-refractivity contribution in [2.24, 2.45) is 5.92 Å². The quantitative estimate of drug-likeness (QED) is 0.170. The van der Waals surface area contributed by atoms with Gasteiger partial charge in [-0.2, -0.15) is 10.2 Å². The van der Waals surface area contributed by atoms with E-state index in [1.807, 2.05) is 56.3 Å². The van der Waals surface area contributed by atoms with E-state index < -0.39 is 35.1 Å². The van der Waals surface area contributed by atoms with Crippen molar-refractivity contribution >= 4 is 44.8 Å². The van der Waals surface area contributed by atoms with Gasteiger partial charge in [-0.15, -0.1) is 0 Å². The largest absolute Gasteiger partial charge is 0.473 e. The molecule has 0 unspecified atom stereocenters. The maximum Gasteiger partial charge on any atom is 0.473 e. The van der Waals surface area contributed by atoms with Crippen LogP contribution in [0.3, 0.4) is 0 Å². The molecule has 2 atom stereocenters. The summed E-state index contributed by atoms with van der Waals surface area (Å²) in [5.41, 5.74) is 3.43. The van der Waals surface area contributed by atoms with E-state index in [-0.39, 0.29) is 22.8 Å². The highest BCUT2D eigenvalue weighted by Crippen LogP contribution is 2.23. The fourth-order valence-electron chi connectivity index (χ4n) is 4.35. The van der Waals surface area contributed by atoms with Crippen LogP contribution < -0.4 is 10.2 Å². The lowest BCUT2D eigenvalue weighted by Crippen LogP contribution is -2.49. The topological polar surface area (TPSA) is 138 Å². The van der Waals surface area contributed by atoms with Crippen molar-refractivity contribution in [1.82, 2.24) is 15.2 Å². The molecule has 4 N–H and O–H groups in total. The minimum absolute atomic E-state index is 0.00415. The molecule has 3 aromatic carbocycles. The highest BCUT2D eigenvalue weighted by molar-refractivity contribution is 7.89. The normalized spacial score (nSPS) is 13.5. The van der Waals surface area contributed by atoms with Gasteiger partial charge >= 0.3 is 13.1 Å². The molecule has 1 aromatic heterocycles. The van der Waals surface area contributed by atoms with Crippen molar-refractivity contribution in [3.63, 3.8) is 0 Å². The van der Waals surface area contributed by atoms with Crippen LogP contribution >= 0.6 is 0 Å². The molecule has 0 aliphatic carbocycles. The Kier molecular flexibility index (Phi) is 8.75. The van der Waals surface area contributed by atoms with E-state index in [2.05, 4.69) is 15.2 Å². The number of hydrogen-bond acceptors (Lipinski definition) is 8. The van der Waals surface area contributed by atoms with Gasteiger partial charge in [0.15, 0.2) is 0 Å². The number of hydrogen-bond donors (Lipinski definition) is 4. The van der Waals surface area contributed by atoms with Crippen LogP contribution in [0.5, 0.6) is 0 Å². The fourth-order valence-corrected chi connectivity index (χ4v) is 5.71. The van der Waals surface area contributed by atoms with E-state index in [0.29, 0.717) is 11.8 Å². The van der Waals surface area contributed by atoms with Crippen molar-refractivity contribution < 1.29 is 28.1 Å². The van der Waals surface area contributed by atoms with Gasteiger partial charge in [-0.3, -0.25) is 4.98 Å². The van der Waals surface area contributed by atoms with Crippen molar-refractivity contribution in [3.05, 3.63) is 84.6 Å². The molecule has 0 aliphatic heterocycles. The number of pyridine rings is 1. The molecule has 38 heavy (non-hydrogen) atoms. The Morgan fingerprint density at radius 3 is 2.42 bits per heavy atom. The number of aromatic nitrogens is 1. The molecule has 0 saturated carbocycles. The van der Waals surface area contributed by atoms with Crippen LogP contribution in [-0.2, 0) is 26.1 Å².